The SMILES string of the molecule is CC(N)CCNC(=O)CCCOc1cccc(F)c1.Cl. The van der Waals surface area contributed by atoms with E-state index in [1.165, 1.54) is 12.1 Å². The fourth-order valence-electron chi connectivity index (χ4n) is 1.51. The number of carbonyl (C=O) groups excluding carboxylic acids is 1. The van der Waals surface area contributed by atoms with Crippen LogP contribution < -0.4 is 15.8 Å². The lowest BCUT2D eigenvalue weighted by atomic mass is 10.2. The Morgan fingerprint density at radius 1 is 1.50 bits per heavy atom. The number of ether oxygens (including phenoxy) is 1. The van der Waals surface area contributed by atoms with E-state index in [0.717, 1.165) is 6.42 Å². The molecule has 0 aliphatic heterocycles. The maximum atomic E-state index is 12.9. The fourth-order valence-corrected chi connectivity index (χ4v) is 1.51. The molecule has 1 unspecified atom stereocenters. The van der Waals surface area contributed by atoms with Gasteiger partial charge in [0.1, 0.15) is 11.6 Å². The van der Waals surface area contributed by atoms with Crippen LogP contribution in [0.15, 0.2) is 24.3 Å². The Balaban J connectivity index is 0.00000361. The largest absolute Gasteiger partial charge is 0.493 e. The monoisotopic (exact) mass is 304 g/mol. The van der Waals surface area contributed by atoms with Gasteiger partial charge in [0.15, 0.2) is 0 Å². The maximum absolute atomic E-state index is 12.9. The van der Waals surface area contributed by atoms with E-state index in [0.29, 0.717) is 31.7 Å². The third kappa shape index (κ3) is 8.72. The molecule has 0 bridgehead atoms. The highest BCUT2D eigenvalue weighted by Crippen LogP contribution is 2.12. The predicted molar refractivity (Wildman–Crippen MR) is 79.7 cm³/mol. The van der Waals surface area contributed by atoms with Gasteiger partial charge in [0.05, 0.1) is 6.61 Å². The Morgan fingerprint density at radius 2 is 2.25 bits per heavy atom. The van der Waals surface area contributed by atoms with E-state index in [1.807, 2.05) is 6.92 Å². The summed E-state index contributed by atoms with van der Waals surface area (Å²) in [5.74, 6) is 0.145. The van der Waals surface area contributed by atoms with E-state index >= 15 is 0 Å². The van der Waals surface area contributed by atoms with Gasteiger partial charge < -0.3 is 15.8 Å². The Morgan fingerprint density at radius 3 is 2.90 bits per heavy atom. The first-order chi connectivity index (χ1) is 9.08. The van der Waals surface area contributed by atoms with Gasteiger partial charge in [-0.15, -0.1) is 12.4 Å². The van der Waals surface area contributed by atoms with Crippen LogP contribution in [0.25, 0.3) is 0 Å². The van der Waals surface area contributed by atoms with E-state index in [1.54, 1.807) is 12.1 Å². The zero-order valence-corrected chi connectivity index (χ0v) is 12.4. The molecule has 1 rings (SSSR count). The van der Waals surface area contributed by atoms with E-state index in [4.69, 9.17) is 10.5 Å². The molecule has 1 amide bonds. The summed E-state index contributed by atoms with van der Waals surface area (Å²) >= 11 is 0. The lowest BCUT2D eigenvalue weighted by Crippen LogP contribution is -2.28. The second kappa shape index (κ2) is 10.5. The first kappa shape index (κ1) is 18.7. The molecule has 1 aromatic carbocycles. The number of benzene rings is 1. The first-order valence-corrected chi connectivity index (χ1v) is 6.48. The van der Waals surface area contributed by atoms with Crippen molar-refractivity contribution in [3.05, 3.63) is 30.1 Å². The summed E-state index contributed by atoms with van der Waals surface area (Å²) < 4.78 is 18.2. The highest BCUT2D eigenvalue weighted by molar-refractivity contribution is 5.85. The minimum absolute atomic E-state index is 0. The van der Waals surface area contributed by atoms with Crippen molar-refractivity contribution in [2.24, 2.45) is 5.73 Å². The summed E-state index contributed by atoms with van der Waals surface area (Å²) in [6, 6.07) is 6.05. The van der Waals surface area contributed by atoms with Gasteiger partial charge in [-0.2, -0.15) is 0 Å². The van der Waals surface area contributed by atoms with E-state index in [2.05, 4.69) is 5.32 Å². The first-order valence-electron chi connectivity index (χ1n) is 6.48. The van der Waals surface area contributed by atoms with Crippen LogP contribution in [0.1, 0.15) is 26.2 Å². The average molecular weight is 305 g/mol. The molecular weight excluding hydrogens is 283 g/mol. The topological polar surface area (TPSA) is 64.3 Å². The smallest absolute Gasteiger partial charge is 0.220 e. The van der Waals surface area contributed by atoms with Gasteiger partial charge in [-0.25, -0.2) is 4.39 Å². The van der Waals surface area contributed by atoms with Crippen LogP contribution in [0, 0.1) is 5.82 Å². The molecule has 0 radical (unpaired) electrons. The molecule has 1 aromatic rings. The van der Waals surface area contributed by atoms with Crippen molar-refractivity contribution in [2.45, 2.75) is 32.2 Å². The average Bonchev–Trinajstić information content (AvgIpc) is 2.34. The van der Waals surface area contributed by atoms with Crippen molar-refractivity contribution >= 4 is 18.3 Å². The second-order valence-corrected chi connectivity index (χ2v) is 4.53. The van der Waals surface area contributed by atoms with Crippen LogP contribution in [-0.2, 0) is 4.79 Å². The molecule has 1 atom stereocenters. The van der Waals surface area contributed by atoms with Gasteiger partial charge in [-0.1, -0.05) is 6.07 Å². The van der Waals surface area contributed by atoms with Gasteiger partial charge in [-0.05, 0) is 31.9 Å². The van der Waals surface area contributed by atoms with Gasteiger partial charge in [-0.3, -0.25) is 4.79 Å². The summed E-state index contributed by atoms with van der Waals surface area (Å²) in [6.45, 7) is 2.89. The number of carbonyl (C=O) groups is 1. The number of nitrogens with two attached hydrogens (primary N) is 1. The highest BCUT2D eigenvalue weighted by atomic mass is 35.5. The molecule has 0 saturated carbocycles. The predicted octanol–water partition coefficient (Wildman–Crippen LogP) is 2.26. The normalized spacial score (nSPS) is 11.3. The highest BCUT2D eigenvalue weighted by Gasteiger charge is 2.02. The van der Waals surface area contributed by atoms with E-state index < -0.39 is 0 Å². The molecule has 6 heteroatoms. The van der Waals surface area contributed by atoms with Gasteiger partial charge in [0.2, 0.25) is 5.91 Å². The molecule has 4 nitrogen and oxygen atoms in total. The molecule has 3 N–H and O–H groups in total. The standard InChI is InChI=1S/C14H21FN2O2.ClH/c1-11(16)7-8-17-14(18)6-3-9-19-13-5-2-4-12(15)10-13;/h2,4-5,10-11H,3,6-9,16H2,1H3,(H,17,18);1H. The van der Waals surface area contributed by atoms with Crippen LogP contribution in [-0.4, -0.2) is 25.1 Å². The maximum Gasteiger partial charge on any atom is 0.220 e. The van der Waals surface area contributed by atoms with Crippen LogP contribution in [0.4, 0.5) is 4.39 Å². The van der Waals surface area contributed by atoms with Crippen LogP contribution in [0.5, 0.6) is 5.75 Å². The minimum Gasteiger partial charge on any atom is -0.493 e. The van der Waals surface area contributed by atoms with Crippen LogP contribution in [0.3, 0.4) is 0 Å². The lowest BCUT2D eigenvalue weighted by molar-refractivity contribution is -0.121. The Hall–Kier alpha value is -1.33. The zero-order chi connectivity index (χ0) is 14.1. The Kier molecular flexibility index (Phi) is 9.76. The number of hydrogen-bond acceptors (Lipinski definition) is 3. The van der Waals surface area contributed by atoms with Crippen molar-refractivity contribution in [2.75, 3.05) is 13.2 Å². The number of amides is 1. The summed E-state index contributed by atoms with van der Waals surface area (Å²) in [5, 5.41) is 2.79. The second-order valence-electron chi connectivity index (χ2n) is 4.53. The Labute approximate surface area is 125 Å². The van der Waals surface area contributed by atoms with Gasteiger partial charge in [0, 0.05) is 25.1 Å². The molecule has 0 aliphatic carbocycles. The molecule has 0 aliphatic rings. The number of rotatable bonds is 8. The molecule has 0 heterocycles. The lowest BCUT2D eigenvalue weighted by Gasteiger charge is -2.08. The molecule has 114 valence electrons. The molecule has 0 saturated heterocycles. The van der Waals surface area contributed by atoms with Crippen LogP contribution in [0.2, 0.25) is 0 Å². The summed E-state index contributed by atoms with van der Waals surface area (Å²) in [5.41, 5.74) is 5.57. The van der Waals surface area contributed by atoms with Crippen molar-refractivity contribution in [1.29, 1.82) is 0 Å². The minimum atomic E-state index is -0.328. The summed E-state index contributed by atoms with van der Waals surface area (Å²) in [7, 11) is 0. The number of nitrogens with one attached hydrogen (secondary N) is 1. The zero-order valence-electron chi connectivity index (χ0n) is 11.6. The summed E-state index contributed by atoms with van der Waals surface area (Å²) in [4.78, 5) is 11.4. The van der Waals surface area contributed by atoms with Crippen molar-refractivity contribution in [3.63, 3.8) is 0 Å². The van der Waals surface area contributed by atoms with Gasteiger partial charge in [0.25, 0.3) is 0 Å². The number of halogens is 2. The molecule has 0 spiro atoms. The van der Waals surface area contributed by atoms with E-state index in [-0.39, 0.29) is 30.2 Å². The number of hydrogen-bond donors (Lipinski definition) is 2. The third-order valence-electron chi connectivity index (χ3n) is 2.53. The molecular formula is C14H22ClFN2O2. The van der Waals surface area contributed by atoms with Crippen molar-refractivity contribution < 1.29 is 13.9 Å². The Bertz CT molecular complexity index is 403. The third-order valence-corrected chi connectivity index (χ3v) is 2.53. The van der Waals surface area contributed by atoms with Crippen LogP contribution >= 0.6 is 12.4 Å². The fraction of sp³-hybridized carbons (Fsp3) is 0.500. The summed E-state index contributed by atoms with van der Waals surface area (Å²) in [6.07, 6.45) is 1.76. The van der Waals surface area contributed by atoms with Gasteiger partial charge >= 0.3 is 0 Å². The molecule has 0 fully saturated rings. The quantitative estimate of drug-likeness (QED) is 0.724. The molecule has 0 aromatic heterocycles. The van der Waals surface area contributed by atoms with E-state index in [9.17, 15) is 9.18 Å². The van der Waals surface area contributed by atoms with Crippen molar-refractivity contribution in [3.8, 4) is 5.75 Å². The molecule has 20 heavy (non-hydrogen) atoms. The van der Waals surface area contributed by atoms with Crippen molar-refractivity contribution in [1.82, 2.24) is 5.32 Å².